The number of halogens is 1. The molecule has 4 heteroatoms. The summed E-state index contributed by atoms with van der Waals surface area (Å²) < 4.78 is 1.91. The van der Waals surface area contributed by atoms with E-state index in [1.807, 2.05) is 35.9 Å². The summed E-state index contributed by atoms with van der Waals surface area (Å²) in [6.07, 6.45) is 0. The van der Waals surface area contributed by atoms with Gasteiger partial charge in [0.2, 0.25) is 0 Å². The van der Waals surface area contributed by atoms with Gasteiger partial charge in [0.25, 0.3) is 0 Å². The molecule has 0 N–H and O–H groups in total. The molecule has 1 aliphatic carbocycles. The molecule has 3 nitrogen and oxygen atoms in total. The van der Waals surface area contributed by atoms with Gasteiger partial charge < -0.3 is 4.57 Å². The third-order valence-electron chi connectivity index (χ3n) is 4.03. The van der Waals surface area contributed by atoms with Gasteiger partial charge in [0.15, 0.2) is 5.78 Å². The number of nitrogens with zero attached hydrogens (tertiary/aromatic N) is 2. The van der Waals surface area contributed by atoms with Crippen LogP contribution in [0.1, 0.15) is 34.5 Å². The predicted octanol–water partition coefficient (Wildman–Crippen LogP) is 3.67. The van der Waals surface area contributed by atoms with Crippen LogP contribution in [0.3, 0.4) is 0 Å². The van der Waals surface area contributed by atoms with Gasteiger partial charge in [-0.25, -0.2) is 0 Å². The Morgan fingerprint density at radius 2 is 2.05 bits per heavy atom. The molecule has 0 radical (unpaired) electrons. The van der Waals surface area contributed by atoms with Gasteiger partial charge in [0.1, 0.15) is 11.8 Å². The number of carbonyl (C=O) groups excluding carboxylic acids is 1. The molecule has 0 spiro atoms. The topological polar surface area (TPSA) is 45.8 Å². The first kappa shape index (κ1) is 13.4. The van der Waals surface area contributed by atoms with Gasteiger partial charge in [-0.15, -0.1) is 0 Å². The molecule has 2 aromatic rings. The van der Waals surface area contributed by atoms with Crippen molar-refractivity contribution in [3.8, 4) is 17.3 Å². The fourth-order valence-corrected chi connectivity index (χ4v) is 3.49. The molecule has 1 aromatic carbocycles. The van der Waals surface area contributed by atoms with E-state index in [2.05, 4.69) is 41.7 Å². The van der Waals surface area contributed by atoms with Crippen LogP contribution in [0, 0.1) is 11.3 Å². The van der Waals surface area contributed by atoms with Gasteiger partial charge in [-0.3, -0.25) is 4.79 Å². The molecule has 1 aromatic heterocycles. The molecule has 0 amide bonds. The highest BCUT2D eigenvalue weighted by Gasteiger charge is 2.35. The van der Waals surface area contributed by atoms with E-state index >= 15 is 0 Å². The number of benzene rings is 1. The first-order valence-electron chi connectivity index (χ1n) is 6.43. The largest absolute Gasteiger partial charge is 0.335 e. The first-order chi connectivity index (χ1) is 9.54. The minimum absolute atomic E-state index is 0.0286. The summed E-state index contributed by atoms with van der Waals surface area (Å²) in [5.41, 5.74) is 4.65. The number of carbonyl (C=O) groups is 1. The van der Waals surface area contributed by atoms with E-state index in [-0.39, 0.29) is 15.6 Å². The van der Waals surface area contributed by atoms with E-state index < -0.39 is 0 Å². The summed E-state index contributed by atoms with van der Waals surface area (Å²) in [7, 11) is 1.89. The smallest absolute Gasteiger partial charge is 0.176 e. The highest BCUT2D eigenvalue weighted by Crippen LogP contribution is 2.39. The average Bonchev–Trinajstić information content (AvgIpc) is 2.93. The standard InChI is InChI=1S/C16H13IN2O/c1-9-13-7-10(3-5-12(13)16(20)15(9)17)14-6-4-11(8-18)19(14)2/h3-7,9,15H,1-2H3. The zero-order chi connectivity index (χ0) is 14.4. The number of aromatic nitrogens is 1. The van der Waals surface area contributed by atoms with Gasteiger partial charge in [-0.2, -0.15) is 5.26 Å². The Kier molecular flexibility index (Phi) is 3.17. The van der Waals surface area contributed by atoms with Crippen LogP contribution in [0.5, 0.6) is 0 Å². The van der Waals surface area contributed by atoms with Crippen LogP contribution >= 0.6 is 22.6 Å². The Balaban J connectivity index is 2.13. The molecule has 2 atom stereocenters. The Labute approximate surface area is 131 Å². The Hall–Kier alpha value is -1.61. The molecular weight excluding hydrogens is 363 g/mol. The van der Waals surface area contributed by atoms with Gasteiger partial charge in [-0.05, 0) is 29.3 Å². The third-order valence-corrected chi connectivity index (χ3v) is 5.67. The molecule has 100 valence electrons. The number of ketones is 1. The van der Waals surface area contributed by atoms with Crippen molar-refractivity contribution in [1.82, 2.24) is 4.57 Å². The molecule has 20 heavy (non-hydrogen) atoms. The molecule has 0 saturated carbocycles. The minimum atomic E-state index is 0.0286. The zero-order valence-electron chi connectivity index (χ0n) is 11.2. The lowest BCUT2D eigenvalue weighted by molar-refractivity contribution is 0.100. The molecule has 0 bridgehead atoms. The monoisotopic (exact) mass is 376 g/mol. The van der Waals surface area contributed by atoms with Gasteiger partial charge >= 0.3 is 0 Å². The summed E-state index contributed by atoms with van der Waals surface area (Å²) in [5.74, 6) is 0.470. The quantitative estimate of drug-likeness (QED) is 0.563. The van der Waals surface area contributed by atoms with Crippen LogP contribution in [0.15, 0.2) is 30.3 Å². The third kappa shape index (κ3) is 1.80. The maximum atomic E-state index is 12.1. The number of fused-ring (bicyclic) bond motifs is 1. The molecular formula is C16H13IN2O. The maximum absolute atomic E-state index is 12.1. The second-order valence-corrected chi connectivity index (χ2v) is 6.47. The molecule has 0 aliphatic heterocycles. The molecule has 0 saturated heterocycles. The number of alkyl halides is 1. The highest BCUT2D eigenvalue weighted by molar-refractivity contribution is 14.1. The lowest BCUT2D eigenvalue weighted by Gasteiger charge is -2.09. The number of nitriles is 1. The molecule has 3 rings (SSSR count). The van der Waals surface area contributed by atoms with E-state index in [9.17, 15) is 4.79 Å². The van der Waals surface area contributed by atoms with Crippen LogP contribution < -0.4 is 0 Å². The van der Waals surface area contributed by atoms with Crippen LogP contribution in [0.4, 0.5) is 0 Å². The lowest BCUT2D eigenvalue weighted by Crippen LogP contribution is -2.09. The SMILES string of the molecule is CC1c2cc(-c3ccc(C#N)n3C)ccc2C(=O)C1I. The van der Waals surface area contributed by atoms with Crippen LogP contribution in [0.2, 0.25) is 0 Å². The zero-order valence-corrected chi connectivity index (χ0v) is 13.4. The summed E-state index contributed by atoms with van der Waals surface area (Å²) in [5, 5.41) is 9.03. The van der Waals surface area contributed by atoms with Gasteiger partial charge in [0, 0.05) is 24.2 Å². The summed E-state index contributed by atoms with van der Waals surface area (Å²) >= 11 is 2.22. The van der Waals surface area contributed by atoms with E-state index in [0.29, 0.717) is 5.69 Å². The molecule has 2 unspecified atom stereocenters. The maximum Gasteiger partial charge on any atom is 0.176 e. The van der Waals surface area contributed by atoms with Crippen molar-refractivity contribution in [2.45, 2.75) is 16.8 Å². The van der Waals surface area contributed by atoms with Crippen LogP contribution in [0.25, 0.3) is 11.3 Å². The predicted molar refractivity (Wildman–Crippen MR) is 86.1 cm³/mol. The van der Waals surface area contributed by atoms with Crippen molar-refractivity contribution < 1.29 is 4.79 Å². The number of hydrogen-bond donors (Lipinski definition) is 0. The second kappa shape index (κ2) is 4.74. The van der Waals surface area contributed by atoms with E-state index in [1.165, 1.54) is 0 Å². The van der Waals surface area contributed by atoms with Crippen molar-refractivity contribution in [3.05, 3.63) is 47.2 Å². The minimum Gasteiger partial charge on any atom is -0.335 e. The summed E-state index contributed by atoms with van der Waals surface area (Å²) in [4.78, 5) is 12.1. The lowest BCUT2D eigenvalue weighted by atomic mass is 9.99. The van der Waals surface area contributed by atoms with Crippen LogP contribution in [-0.2, 0) is 7.05 Å². The van der Waals surface area contributed by atoms with E-state index in [1.54, 1.807) is 0 Å². The molecule has 1 heterocycles. The first-order valence-corrected chi connectivity index (χ1v) is 7.67. The number of hydrogen-bond acceptors (Lipinski definition) is 2. The highest BCUT2D eigenvalue weighted by atomic mass is 127. The average molecular weight is 376 g/mol. The van der Waals surface area contributed by atoms with E-state index in [4.69, 9.17) is 5.26 Å². The Morgan fingerprint density at radius 3 is 2.70 bits per heavy atom. The Bertz CT molecular complexity index is 754. The fourth-order valence-electron chi connectivity index (χ4n) is 2.77. The van der Waals surface area contributed by atoms with Gasteiger partial charge in [0.05, 0.1) is 3.92 Å². The Morgan fingerprint density at radius 1 is 1.30 bits per heavy atom. The summed E-state index contributed by atoms with van der Waals surface area (Å²) in [6.45, 7) is 2.09. The molecule has 0 fully saturated rings. The fraction of sp³-hybridized carbons (Fsp3) is 0.250. The van der Waals surface area contributed by atoms with Crippen molar-refractivity contribution in [1.29, 1.82) is 5.26 Å². The molecule has 1 aliphatic rings. The summed E-state index contributed by atoms with van der Waals surface area (Å²) in [6, 6.07) is 11.9. The number of rotatable bonds is 1. The van der Waals surface area contributed by atoms with Crippen molar-refractivity contribution in [3.63, 3.8) is 0 Å². The normalized spacial score (nSPS) is 20.8. The number of Topliss-reactive ketones (excluding diaryl/α,β-unsaturated/α-hetero) is 1. The van der Waals surface area contributed by atoms with Crippen molar-refractivity contribution in [2.24, 2.45) is 7.05 Å². The van der Waals surface area contributed by atoms with Gasteiger partial charge in [-0.1, -0.05) is 41.6 Å². The second-order valence-electron chi connectivity index (χ2n) is 5.13. The van der Waals surface area contributed by atoms with Crippen molar-refractivity contribution in [2.75, 3.05) is 0 Å². The van der Waals surface area contributed by atoms with E-state index in [0.717, 1.165) is 22.4 Å². The van der Waals surface area contributed by atoms with Crippen LogP contribution in [-0.4, -0.2) is 14.3 Å². The van der Waals surface area contributed by atoms with Crippen molar-refractivity contribution >= 4 is 28.4 Å².